The molecule has 0 spiro atoms. The van der Waals surface area contributed by atoms with Crippen molar-refractivity contribution in [2.24, 2.45) is 0 Å². The number of hydrogen-bond donors (Lipinski definition) is 0. The van der Waals surface area contributed by atoms with Gasteiger partial charge in [-0.2, -0.15) is 0 Å². The summed E-state index contributed by atoms with van der Waals surface area (Å²) in [6, 6.07) is 43.7. The molecule has 0 fully saturated rings. The second-order valence-electron chi connectivity index (χ2n) is 15.6. The third-order valence-corrected chi connectivity index (χ3v) is 15.2. The molecule has 2 aliphatic carbocycles. The first-order chi connectivity index (χ1) is 21.9. The van der Waals surface area contributed by atoms with Gasteiger partial charge in [-0.3, -0.25) is 0 Å². The Morgan fingerprint density at radius 2 is 0.913 bits per heavy atom. The Bertz CT molecular complexity index is 1880. The minimum atomic E-state index is -2.26. The van der Waals surface area contributed by atoms with E-state index in [1.165, 1.54) is 60.8 Å². The number of rotatable bonds is 5. The van der Waals surface area contributed by atoms with Gasteiger partial charge < -0.3 is 0 Å². The third kappa shape index (κ3) is 5.35. The highest BCUT2D eigenvalue weighted by molar-refractivity contribution is 7.03. The van der Waals surface area contributed by atoms with Gasteiger partial charge in [-0.1, -0.05) is 191 Å². The highest BCUT2D eigenvalue weighted by Gasteiger charge is 2.41. The van der Waals surface area contributed by atoms with E-state index in [2.05, 4.69) is 176 Å². The lowest BCUT2D eigenvalue weighted by molar-refractivity contribution is 0.590. The van der Waals surface area contributed by atoms with Crippen LogP contribution in [-0.2, 0) is 23.7 Å². The lowest BCUT2D eigenvalue weighted by atomic mass is 9.85. The zero-order valence-corrected chi connectivity index (χ0v) is 29.5. The highest BCUT2D eigenvalue weighted by Crippen LogP contribution is 2.44. The standard InChI is InChI=1S/C45H46Si/c1-44(2,3)35-19-11-15-31(25-35)40-23-13-17-33-27-38(29-42(33)40)46(7,37-21-9-8-10-22-37)39-28-34-18-14-24-41(43(34)30-39)32-16-12-20-36(26-32)45(4,5)6/h8-26,29-30H,27-28H2,1-7H3. The first kappa shape index (κ1) is 30.5. The topological polar surface area (TPSA) is 0 Å². The van der Waals surface area contributed by atoms with Crippen LogP contribution in [0.3, 0.4) is 0 Å². The van der Waals surface area contributed by atoms with Crippen LogP contribution in [0.1, 0.15) is 74.9 Å². The van der Waals surface area contributed by atoms with Crippen LogP contribution in [0, 0.1) is 0 Å². The van der Waals surface area contributed by atoms with Crippen molar-refractivity contribution in [2.45, 2.75) is 71.8 Å². The van der Waals surface area contributed by atoms with E-state index in [1.807, 2.05) is 0 Å². The van der Waals surface area contributed by atoms with Crippen LogP contribution < -0.4 is 5.19 Å². The Morgan fingerprint density at radius 3 is 1.35 bits per heavy atom. The quantitative estimate of drug-likeness (QED) is 0.173. The van der Waals surface area contributed by atoms with Crippen molar-refractivity contribution < 1.29 is 0 Å². The molecule has 230 valence electrons. The molecule has 0 aliphatic heterocycles. The van der Waals surface area contributed by atoms with Gasteiger partial charge in [0, 0.05) is 0 Å². The van der Waals surface area contributed by atoms with Gasteiger partial charge in [0.25, 0.3) is 0 Å². The normalized spacial score (nSPS) is 14.5. The smallest absolute Gasteiger partial charge is 0.0668 e. The molecule has 2 aliphatic rings. The Labute approximate surface area is 277 Å². The summed E-state index contributed by atoms with van der Waals surface area (Å²) in [5.74, 6) is 0. The molecule has 0 amide bonds. The van der Waals surface area contributed by atoms with E-state index in [9.17, 15) is 0 Å². The summed E-state index contributed by atoms with van der Waals surface area (Å²) in [5, 5.41) is 4.73. The maximum Gasteiger partial charge on any atom is 0.137 e. The molecule has 0 unspecified atom stereocenters. The van der Waals surface area contributed by atoms with E-state index in [1.54, 1.807) is 10.4 Å². The number of benzene rings is 5. The van der Waals surface area contributed by atoms with Crippen molar-refractivity contribution in [1.29, 1.82) is 0 Å². The summed E-state index contributed by atoms with van der Waals surface area (Å²) in [7, 11) is -2.26. The maximum absolute atomic E-state index is 2.61. The van der Waals surface area contributed by atoms with Crippen molar-refractivity contribution >= 4 is 25.4 Å². The summed E-state index contributed by atoms with van der Waals surface area (Å²) in [5.41, 5.74) is 14.1. The van der Waals surface area contributed by atoms with Crippen LogP contribution in [0.5, 0.6) is 0 Å². The Hall–Kier alpha value is -4.20. The molecule has 0 atom stereocenters. The Kier molecular flexibility index (Phi) is 7.44. The molecule has 1 heteroatoms. The van der Waals surface area contributed by atoms with E-state index in [4.69, 9.17) is 0 Å². The van der Waals surface area contributed by atoms with Crippen molar-refractivity contribution in [3.8, 4) is 22.3 Å². The van der Waals surface area contributed by atoms with Crippen molar-refractivity contribution in [3.05, 3.63) is 159 Å². The van der Waals surface area contributed by atoms with Gasteiger partial charge in [-0.25, -0.2) is 0 Å². The average Bonchev–Trinajstić information content (AvgIpc) is 3.70. The van der Waals surface area contributed by atoms with Gasteiger partial charge >= 0.3 is 0 Å². The second-order valence-corrected chi connectivity index (χ2v) is 19.7. The van der Waals surface area contributed by atoms with Crippen LogP contribution >= 0.6 is 0 Å². The Morgan fingerprint density at radius 1 is 0.478 bits per heavy atom. The summed E-state index contributed by atoms with van der Waals surface area (Å²) in [6.45, 7) is 16.4. The van der Waals surface area contributed by atoms with Crippen LogP contribution in [0.4, 0.5) is 0 Å². The molecule has 46 heavy (non-hydrogen) atoms. The SMILES string of the molecule is CC(C)(C)c1cccc(-c2cccc3c2C=C([Si](C)(C2=Cc4c(cccc4-c4cccc(C(C)(C)C)c4)C2)c2ccccc2)C3)c1. The molecule has 7 rings (SSSR count). The summed E-state index contributed by atoms with van der Waals surface area (Å²) in [6.07, 6.45) is 7.22. The summed E-state index contributed by atoms with van der Waals surface area (Å²) in [4.78, 5) is 0. The van der Waals surface area contributed by atoms with Gasteiger partial charge in [-0.15, -0.1) is 0 Å². The zero-order chi connectivity index (χ0) is 32.3. The molecule has 5 aromatic rings. The van der Waals surface area contributed by atoms with Gasteiger partial charge in [-0.05, 0) is 79.3 Å². The monoisotopic (exact) mass is 614 g/mol. The predicted octanol–water partition coefficient (Wildman–Crippen LogP) is 11.3. The van der Waals surface area contributed by atoms with E-state index in [0.29, 0.717) is 0 Å². The third-order valence-electron chi connectivity index (χ3n) is 10.5. The van der Waals surface area contributed by atoms with Crippen LogP contribution in [0.25, 0.3) is 34.4 Å². The van der Waals surface area contributed by atoms with E-state index < -0.39 is 8.07 Å². The molecule has 0 saturated heterocycles. The predicted molar refractivity (Wildman–Crippen MR) is 202 cm³/mol. The lowest BCUT2D eigenvalue weighted by Gasteiger charge is -2.32. The number of hydrogen-bond acceptors (Lipinski definition) is 0. The minimum Gasteiger partial charge on any atom is -0.0668 e. The van der Waals surface area contributed by atoms with Crippen LogP contribution in [-0.4, -0.2) is 8.07 Å². The number of allylic oxidation sites excluding steroid dienone is 2. The van der Waals surface area contributed by atoms with E-state index >= 15 is 0 Å². The van der Waals surface area contributed by atoms with Gasteiger partial charge in [0.1, 0.15) is 8.07 Å². The molecule has 0 nitrogen and oxygen atoms in total. The first-order valence-electron chi connectivity index (χ1n) is 16.9. The van der Waals surface area contributed by atoms with Crippen molar-refractivity contribution in [3.63, 3.8) is 0 Å². The largest absolute Gasteiger partial charge is 0.137 e. The molecule has 0 N–H and O–H groups in total. The maximum atomic E-state index is 2.61. The van der Waals surface area contributed by atoms with Gasteiger partial charge in [0.15, 0.2) is 0 Å². The summed E-state index contributed by atoms with van der Waals surface area (Å²) < 4.78 is 0. The number of fused-ring (bicyclic) bond motifs is 2. The van der Waals surface area contributed by atoms with Crippen LogP contribution in [0.2, 0.25) is 6.55 Å². The van der Waals surface area contributed by atoms with E-state index in [-0.39, 0.29) is 10.8 Å². The fourth-order valence-electron chi connectivity index (χ4n) is 7.54. The van der Waals surface area contributed by atoms with Gasteiger partial charge in [0.2, 0.25) is 0 Å². The molecule has 0 aromatic heterocycles. The zero-order valence-electron chi connectivity index (χ0n) is 28.5. The average molecular weight is 615 g/mol. The van der Waals surface area contributed by atoms with Gasteiger partial charge in [0.05, 0.1) is 0 Å². The van der Waals surface area contributed by atoms with E-state index in [0.717, 1.165) is 12.8 Å². The fraction of sp³-hybridized carbons (Fsp3) is 0.244. The fourth-order valence-corrected chi connectivity index (χ4v) is 11.5. The van der Waals surface area contributed by atoms with Crippen molar-refractivity contribution in [2.75, 3.05) is 0 Å². The molecular formula is C45H46Si. The molecule has 5 aromatic carbocycles. The molecule has 0 heterocycles. The first-order valence-corrected chi connectivity index (χ1v) is 19.4. The van der Waals surface area contributed by atoms with Crippen molar-refractivity contribution in [1.82, 2.24) is 0 Å². The molecular weight excluding hydrogens is 569 g/mol. The summed E-state index contributed by atoms with van der Waals surface area (Å²) >= 11 is 0. The van der Waals surface area contributed by atoms with Crippen LogP contribution in [0.15, 0.2) is 126 Å². The Balaban J connectivity index is 1.35. The highest BCUT2D eigenvalue weighted by atomic mass is 28.3. The minimum absolute atomic E-state index is 0.116. The molecule has 0 radical (unpaired) electrons. The second kappa shape index (κ2) is 11.2. The molecule has 0 bridgehead atoms. The lowest BCUT2D eigenvalue weighted by Crippen LogP contribution is -2.49. The molecule has 0 saturated carbocycles.